The highest BCUT2D eigenvalue weighted by atomic mass is 16.7. The Morgan fingerprint density at radius 3 is 2.05 bits per heavy atom. The van der Waals surface area contributed by atoms with Crippen LogP contribution in [-0.2, 0) is 9.63 Å². The molecule has 19 heavy (non-hydrogen) atoms. The number of piperidine rings is 1. The number of carbonyl (C=O) groups is 2. The molecular weight excluding hydrogens is 246 g/mol. The van der Waals surface area contributed by atoms with Gasteiger partial charge in [-0.25, -0.2) is 4.79 Å². The fourth-order valence-electron chi connectivity index (χ4n) is 3.76. The van der Waals surface area contributed by atoms with E-state index in [0.29, 0.717) is 19.4 Å². The Balaban J connectivity index is 2.36. The number of hydrogen-bond acceptors (Lipinski definition) is 4. The molecule has 2 rings (SSSR count). The second kappa shape index (κ2) is 4.18. The number of nitrogens with zero attached hydrogens (tertiary/aromatic N) is 1. The van der Waals surface area contributed by atoms with Gasteiger partial charge < -0.3 is 5.32 Å². The van der Waals surface area contributed by atoms with E-state index in [4.69, 9.17) is 4.84 Å². The van der Waals surface area contributed by atoms with Crippen molar-refractivity contribution in [3.63, 3.8) is 0 Å². The van der Waals surface area contributed by atoms with Crippen LogP contribution in [0.15, 0.2) is 0 Å². The summed E-state index contributed by atoms with van der Waals surface area (Å²) < 4.78 is 0. The van der Waals surface area contributed by atoms with Gasteiger partial charge in [0.1, 0.15) is 5.54 Å². The summed E-state index contributed by atoms with van der Waals surface area (Å²) in [7, 11) is 0. The number of nitrogens with one attached hydrogen (secondary N) is 2. The van der Waals surface area contributed by atoms with Crippen molar-refractivity contribution >= 4 is 11.9 Å². The molecule has 0 radical (unpaired) electrons. The second-order valence-corrected chi connectivity index (χ2v) is 6.68. The van der Waals surface area contributed by atoms with Crippen LogP contribution < -0.4 is 10.6 Å². The summed E-state index contributed by atoms with van der Waals surface area (Å²) in [6.07, 6.45) is 1.06. The van der Waals surface area contributed by atoms with Gasteiger partial charge in [0, 0.05) is 11.1 Å². The van der Waals surface area contributed by atoms with Crippen molar-refractivity contribution in [1.82, 2.24) is 15.7 Å². The van der Waals surface area contributed by atoms with Crippen molar-refractivity contribution in [3.05, 3.63) is 0 Å². The van der Waals surface area contributed by atoms with Crippen LogP contribution in [0.1, 0.15) is 47.5 Å². The molecule has 0 atom stereocenters. The molecular formula is C13H23N3O3. The standard InChI is InChI=1S/C13H23N3O3/c1-6-19-16-11(2,3)7-13(8-12(16,4)5)9(17)14-10(18)15-13/h6-8H2,1-5H3,(H2,14,15,17,18). The van der Waals surface area contributed by atoms with Gasteiger partial charge in [0.15, 0.2) is 0 Å². The maximum absolute atomic E-state index is 12.1. The van der Waals surface area contributed by atoms with E-state index in [-0.39, 0.29) is 17.0 Å². The summed E-state index contributed by atoms with van der Waals surface area (Å²) in [6, 6.07) is -0.401. The number of imide groups is 1. The van der Waals surface area contributed by atoms with E-state index in [1.807, 2.05) is 39.7 Å². The predicted octanol–water partition coefficient (Wildman–Crippen LogP) is 1.17. The lowest BCUT2D eigenvalue weighted by Crippen LogP contribution is -2.69. The number of hydrogen-bond donors (Lipinski definition) is 2. The molecule has 2 heterocycles. The average Bonchev–Trinajstić information content (AvgIpc) is 2.45. The van der Waals surface area contributed by atoms with E-state index in [1.165, 1.54) is 0 Å². The van der Waals surface area contributed by atoms with Gasteiger partial charge in [-0.2, -0.15) is 5.06 Å². The number of amides is 3. The Bertz CT molecular complexity index is 399. The molecule has 0 bridgehead atoms. The summed E-state index contributed by atoms with van der Waals surface area (Å²) in [5.74, 6) is -0.227. The molecule has 108 valence electrons. The lowest BCUT2D eigenvalue weighted by atomic mass is 9.70. The lowest BCUT2D eigenvalue weighted by Gasteiger charge is -2.56. The van der Waals surface area contributed by atoms with Crippen LogP contribution in [0.4, 0.5) is 4.79 Å². The molecule has 2 N–H and O–H groups in total. The van der Waals surface area contributed by atoms with Gasteiger partial charge in [-0.3, -0.25) is 14.9 Å². The van der Waals surface area contributed by atoms with Crippen LogP contribution in [0.2, 0.25) is 0 Å². The molecule has 2 saturated heterocycles. The second-order valence-electron chi connectivity index (χ2n) is 6.68. The highest BCUT2D eigenvalue weighted by Crippen LogP contribution is 2.44. The van der Waals surface area contributed by atoms with Gasteiger partial charge in [0.25, 0.3) is 5.91 Å². The van der Waals surface area contributed by atoms with Gasteiger partial charge in [-0.05, 0) is 47.5 Å². The Hall–Kier alpha value is -1.14. The van der Waals surface area contributed by atoms with Crippen molar-refractivity contribution in [1.29, 1.82) is 0 Å². The van der Waals surface area contributed by atoms with Crippen LogP contribution >= 0.6 is 0 Å². The molecule has 0 aromatic rings. The summed E-state index contributed by atoms with van der Waals surface area (Å²) in [4.78, 5) is 29.4. The summed E-state index contributed by atoms with van der Waals surface area (Å²) in [5, 5.41) is 7.12. The molecule has 6 heteroatoms. The van der Waals surface area contributed by atoms with Crippen LogP contribution in [-0.4, -0.2) is 40.2 Å². The zero-order chi connectivity index (χ0) is 14.5. The molecule has 2 fully saturated rings. The van der Waals surface area contributed by atoms with Gasteiger partial charge in [-0.15, -0.1) is 0 Å². The van der Waals surface area contributed by atoms with Gasteiger partial charge in [-0.1, -0.05) is 0 Å². The van der Waals surface area contributed by atoms with Gasteiger partial charge >= 0.3 is 6.03 Å². The Morgan fingerprint density at radius 1 is 1.16 bits per heavy atom. The first kappa shape index (κ1) is 14.3. The Morgan fingerprint density at radius 2 is 1.68 bits per heavy atom. The molecule has 2 aliphatic heterocycles. The monoisotopic (exact) mass is 269 g/mol. The van der Waals surface area contributed by atoms with Crippen LogP contribution in [0.5, 0.6) is 0 Å². The Labute approximate surface area is 113 Å². The van der Waals surface area contributed by atoms with Crippen molar-refractivity contribution < 1.29 is 14.4 Å². The van der Waals surface area contributed by atoms with Crippen molar-refractivity contribution in [3.8, 4) is 0 Å². The van der Waals surface area contributed by atoms with E-state index in [1.54, 1.807) is 0 Å². The maximum atomic E-state index is 12.1. The molecule has 6 nitrogen and oxygen atoms in total. The van der Waals surface area contributed by atoms with Crippen molar-refractivity contribution in [2.75, 3.05) is 6.61 Å². The molecule has 1 spiro atoms. The van der Waals surface area contributed by atoms with Crippen molar-refractivity contribution in [2.45, 2.75) is 64.1 Å². The summed E-state index contributed by atoms with van der Waals surface area (Å²) in [5.41, 5.74) is -1.50. The quantitative estimate of drug-likeness (QED) is 0.738. The fraction of sp³-hybridized carbons (Fsp3) is 0.846. The van der Waals surface area contributed by atoms with Gasteiger partial charge in [0.2, 0.25) is 0 Å². The molecule has 0 saturated carbocycles. The smallest absolute Gasteiger partial charge is 0.322 e. The maximum Gasteiger partial charge on any atom is 0.322 e. The average molecular weight is 269 g/mol. The largest absolute Gasteiger partial charge is 0.323 e. The number of hydroxylamine groups is 2. The third kappa shape index (κ3) is 2.23. The van der Waals surface area contributed by atoms with E-state index in [0.717, 1.165) is 0 Å². The molecule has 0 unspecified atom stereocenters. The Kier molecular flexibility index (Phi) is 3.14. The minimum atomic E-state index is -0.822. The zero-order valence-corrected chi connectivity index (χ0v) is 12.3. The van der Waals surface area contributed by atoms with Crippen LogP contribution in [0, 0.1) is 0 Å². The minimum absolute atomic E-state index is 0.227. The lowest BCUT2D eigenvalue weighted by molar-refractivity contribution is -0.286. The van der Waals surface area contributed by atoms with Gasteiger partial charge in [0.05, 0.1) is 6.61 Å². The predicted molar refractivity (Wildman–Crippen MR) is 70.3 cm³/mol. The van der Waals surface area contributed by atoms with E-state index in [9.17, 15) is 9.59 Å². The molecule has 2 aliphatic rings. The molecule has 0 aromatic heterocycles. The highest BCUT2D eigenvalue weighted by Gasteiger charge is 2.59. The molecule has 0 aromatic carbocycles. The third-order valence-electron chi connectivity index (χ3n) is 3.84. The molecule has 0 aliphatic carbocycles. The topological polar surface area (TPSA) is 70.7 Å². The summed E-state index contributed by atoms with van der Waals surface area (Å²) >= 11 is 0. The van der Waals surface area contributed by atoms with E-state index in [2.05, 4.69) is 10.6 Å². The van der Waals surface area contributed by atoms with Crippen LogP contribution in [0.3, 0.4) is 0 Å². The first-order valence-electron chi connectivity index (χ1n) is 6.70. The van der Waals surface area contributed by atoms with Crippen molar-refractivity contribution in [2.24, 2.45) is 0 Å². The fourth-order valence-corrected chi connectivity index (χ4v) is 3.76. The molecule has 3 amide bonds. The first-order valence-corrected chi connectivity index (χ1v) is 6.70. The number of rotatable bonds is 2. The number of urea groups is 1. The summed E-state index contributed by atoms with van der Waals surface area (Å²) in [6.45, 7) is 10.7. The minimum Gasteiger partial charge on any atom is -0.323 e. The zero-order valence-electron chi connectivity index (χ0n) is 12.3. The third-order valence-corrected chi connectivity index (χ3v) is 3.84. The highest BCUT2D eigenvalue weighted by molar-refractivity contribution is 6.07. The normalized spacial score (nSPS) is 28.3. The number of carbonyl (C=O) groups excluding carboxylic acids is 2. The first-order chi connectivity index (χ1) is 8.63. The van der Waals surface area contributed by atoms with Crippen LogP contribution in [0.25, 0.3) is 0 Å². The SMILES string of the molecule is CCON1C(C)(C)CC2(CC1(C)C)NC(=O)NC2=O. The van der Waals surface area contributed by atoms with E-state index >= 15 is 0 Å². The van der Waals surface area contributed by atoms with E-state index < -0.39 is 11.6 Å².